The summed E-state index contributed by atoms with van der Waals surface area (Å²) in [5.74, 6) is 0. The Kier molecular flexibility index (Phi) is 14.4. The van der Waals surface area contributed by atoms with Crippen LogP contribution in [0.5, 0.6) is 0 Å². The van der Waals surface area contributed by atoms with Crippen LogP contribution in [0.3, 0.4) is 0 Å². The molecule has 2 fully saturated rings. The van der Waals surface area contributed by atoms with Gasteiger partial charge in [-0.1, -0.05) is 24.3 Å². The van der Waals surface area contributed by atoms with Crippen LogP contribution in [0.15, 0.2) is 24.3 Å². The van der Waals surface area contributed by atoms with Gasteiger partial charge >= 0.3 is 0 Å². The van der Waals surface area contributed by atoms with Crippen LogP contribution in [0.2, 0.25) is 0 Å². The highest BCUT2D eigenvalue weighted by atomic mass is 15.3. The second-order valence-corrected chi connectivity index (χ2v) is 13.6. The summed E-state index contributed by atoms with van der Waals surface area (Å²) in [4.78, 5) is 16.1. The van der Waals surface area contributed by atoms with Crippen LogP contribution < -0.4 is 0 Å². The summed E-state index contributed by atoms with van der Waals surface area (Å²) < 4.78 is 0. The van der Waals surface area contributed by atoms with Crippen molar-refractivity contribution in [2.45, 2.75) is 105 Å². The standard InChI is InChI=1S/C34H64N6/c1-29(2)37-14-10-15-38(30(3)4)23-19-35(18-22-37)27-33-12-9-13-34(26-33)28-36-20-24-39(31(5)6)16-11-17-40(25-21-36)32(7)8/h9,12-13,26,29-32H,10-11,14-25,27-28H2,1-8H3. The van der Waals surface area contributed by atoms with E-state index >= 15 is 0 Å². The normalized spacial score (nSPS) is 22.1. The van der Waals surface area contributed by atoms with Gasteiger partial charge in [-0.25, -0.2) is 0 Å². The van der Waals surface area contributed by atoms with E-state index in [0.29, 0.717) is 24.2 Å². The van der Waals surface area contributed by atoms with Crippen molar-refractivity contribution < 1.29 is 0 Å². The monoisotopic (exact) mass is 557 g/mol. The van der Waals surface area contributed by atoms with Crippen LogP contribution in [0.1, 0.15) is 79.4 Å². The van der Waals surface area contributed by atoms with Crippen LogP contribution >= 0.6 is 0 Å². The first-order valence-electron chi connectivity index (χ1n) is 16.6. The maximum absolute atomic E-state index is 2.71. The van der Waals surface area contributed by atoms with Crippen LogP contribution in [0, 0.1) is 0 Å². The molecule has 0 atom stereocenters. The van der Waals surface area contributed by atoms with Crippen molar-refractivity contribution in [2.24, 2.45) is 0 Å². The lowest BCUT2D eigenvalue weighted by Crippen LogP contribution is -2.46. The molecule has 2 aliphatic rings. The molecular weight excluding hydrogens is 492 g/mol. The highest BCUT2D eigenvalue weighted by Gasteiger charge is 2.20. The zero-order valence-electron chi connectivity index (χ0n) is 27.6. The number of benzene rings is 1. The van der Waals surface area contributed by atoms with Crippen LogP contribution in [0.25, 0.3) is 0 Å². The molecule has 1 aromatic carbocycles. The van der Waals surface area contributed by atoms with Gasteiger partial charge in [0.1, 0.15) is 0 Å². The molecular formula is C34H64N6. The van der Waals surface area contributed by atoms with Crippen molar-refractivity contribution in [1.29, 1.82) is 0 Å². The summed E-state index contributed by atoms with van der Waals surface area (Å²) in [5.41, 5.74) is 2.94. The average Bonchev–Trinajstić information content (AvgIpc) is 2.90. The van der Waals surface area contributed by atoms with E-state index < -0.39 is 0 Å². The van der Waals surface area contributed by atoms with Crippen molar-refractivity contribution in [2.75, 3.05) is 78.5 Å². The Labute approximate surface area is 248 Å². The van der Waals surface area contributed by atoms with Gasteiger partial charge < -0.3 is 0 Å². The van der Waals surface area contributed by atoms with Gasteiger partial charge in [0, 0.05) is 89.6 Å². The van der Waals surface area contributed by atoms with Crippen molar-refractivity contribution in [3.63, 3.8) is 0 Å². The molecule has 0 N–H and O–H groups in total. The molecule has 0 unspecified atom stereocenters. The minimum Gasteiger partial charge on any atom is -0.300 e. The fourth-order valence-electron chi connectivity index (χ4n) is 6.43. The quantitative estimate of drug-likeness (QED) is 0.449. The van der Waals surface area contributed by atoms with E-state index in [4.69, 9.17) is 0 Å². The van der Waals surface area contributed by atoms with Gasteiger partial charge in [0.15, 0.2) is 0 Å². The largest absolute Gasteiger partial charge is 0.300 e. The Bertz CT molecular complexity index is 721. The first kappa shape index (κ1) is 33.5. The predicted octanol–water partition coefficient (Wildman–Crippen LogP) is 4.94. The molecule has 0 amide bonds. The molecule has 0 saturated carbocycles. The molecule has 0 spiro atoms. The SMILES string of the molecule is CC(C)N1CCCN(C(C)C)CCN(Cc2cccc(CN3CCN(C(C)C)CCCN(C(C)C)CC3)c2)CC1. The lowest BCUT2D eigenvalue weighted by Gasteiger charge is -2.36. The van der Waals surface area contributed by atoms with Gasteiger partial charge in [0.25, 0.3) is 0 Å². The third kappa shape index (κ3) is 11.3. The number of hydrogen-bond donors (Lipinski definition) is 0. The Hall–Kier alpha value is -1.02. The zero-order valence-corrected chi connectivity index (χ0v) is 27.6. The molecule has 2 heterocycles. The van der Waals surface area contributed by atoms with Crippen LogP contribution in [-0.4, -0.2) is 132 Å². The molecule has 6 heteroatoms. The van der Waals surface area contributed by atoms with E-state index in [-0.39, 0.29) is 0 Å². The maximum atomic E-state index is 2.71. The van der Waals surface area contributed by atoms with Gasteiger partial charge in [0.2, 0.25) is 0 Å². The van der Waals surface area contributed by atoms with Gasteiger partial charge in [-0.2, -0.15) is 0 Å². The molecule has 6 nitrogen and oxygen atoms in total. The van der Waals surface area contributed by atoms with Crippen LogP contribution in [0.4, 0.5) is 0 Å². The molecule has 2 saturated heterocycles. The van der Waals surface area contributed by atoms with Gasteiger partial charge in [-0.05, 0) is 106 Å². The number of rotatable bonds is 8. The Morgan fingerprint density at radius 3 is 1.02 bits per heavy atom. The van der Waals surface area contributed by atoms with E-state index in [0.717, 1.165) is 39.3 Å². The summed E-state index contributed by atoms with van der Waals surface area (Å²) in [6.45, 7) is 35.1. The molecule has 0 radical (unpaired) electrons. The molecule has 0 aromatic heterocycles. The van der Waals surface area contributed by atoms with E-state index in [1.165, 1.54) is 76.3 Å². The Morgan fingerprint density at radius 1 is 0.450 bits per heavy atom. The fourth-order valence-corrected chi connectivity index (χ4v) is 6.43. The van der Waals surface area contributed by atoms with Crippen molar-refractivity contribution in [3.05, 3.63) is 35.4 Å². The molecule has 40 heavy (non-hydrogen) atoms. The number of hydrogen-bond acceptors (Lipinski definition) is 6. The topological polar surface area (TPSA) is 19.4 Å². The summed E-state index contributed by atoms with van der Waals surface area (Å²) >= 11 is 0. The second kappa shape index (κ2) is 17.2. The number of nitrogens with zero attached hydrogens (tertiary/aromatic N) is 6. The lowest BCUT2D eigenvalue weighted by molar-refractivity contribution is 0.116. The first-order chi connectivity index (χ1) is 19.1. The molecule has 0 aliphatic carbocycles. The second-order valence-electron chi connectivity index (χ2n) is 13.6. The van der Waals surface area contributed by atoms with E-state index in [1.54, 1.807) is 0 Å². The molecule has 3 rings (SSSR count). The minimum atomic E-state index is 0.613. The zero-order chi connectivity index (χ0) is 29.1. The van der Waals surface area contributed by atoms with Crippen molar-refractivity contribution in [3.8, 4) is 0 Å². The Morgan fingerprint density at radius 2 is 0.750 bits per heavy atom. The summed E-state index contributed by atoms with van der Waals surface area (Å²) in [7, 11) is 0. The molecule has 1 aromatic rings. The van der Waals surface area contributed by atoms with E-state index in [9.17, 15) is 0 Å². The summed E-state index contributed by atoms with van der Waals surface area (Å²) in [5, 5.41) is 0. The third-order valence-electron chi connectivity index (χ3n) is 9.32. The van der Waals surface area contributed by atoms with Crippen molar-refractivity contribution in [1.82, 2.24) is 29.4 Å². The lowest BCUT2D eigenvalue weighted by atomic mass is 10.1. The smallest absolute Gasteiger partial charge is 0.0234 e. The Balaban J connectivity index is 1.68. The predicted molar refractivity (Wildman–Crippen MR) is 173 cm³/mol. The van der Waals surface area contributed by atoms with E-state index in [1.807, 2.05) is 0 Å². The van der Waals surface area contributed by atoms with Crippen molar-refractivity contribution >= 4 is 0 Å². The van der Waals surface area contributed by atoms with E-state index in [2.05, 4.69) is 109 Å². The van der Waals surface area contributed by atoms with Gasteiger partial charge in [-0.15, -0.1) is 0 Å². The molecule has 0 bridgehead atoms. The first-order valence-corrected chi connectivity index (χ1v) is 16.6. The molecule has 2 aliphatic heterocycles. The highest BCUT2D eigenvalue weighted by Crippen LogP contribution is 2.15. The fraction of sp³-hybridized carbons (Fsp3) is 0.824. The highest BCUT2D eigenvalue weighted by molar-refractivity contribution is 5.23. The average molecular weight is 557 g/mol. The van der Waals surface area contributed by atoms with Gasteiger partial charge in [-0.3, -0.25) is 29.4 Å². The third-order valence-corrected chi connectivity index (χ3v) is 9.32. The summed E-state index contributed by atoms with van der Waals surface area (Å²) in [6, 6.07) is 12.0. The minimum absolute atomic E-state index is 0.613. The summed E-state index contributed by atoms with van der Waals surface area (Å²) in [6.07, 6.45) is 2.55. The maximum Gasteiger partial charge on any atom is 0.0234 e. The van der Waals surface area contributed by atoms with Gasteiger partial charge in [0.05, 0.1) is 0 Å². The van der Waals surface area contributed by atoms with Crippen LogP contribution in [-0.2, 0) is 13.1 Å². The molecule has 230 valence electrons.